The van der Waals surface area contributed by atoms with Crippen LogP contribution in [0.3, 0.4) is 0 Å². The van der Waals surface area contributed by atoms with E-state index in [1.165, 1.54) is 5.56 Å². The summed E-state index contributed by atoms with van der Waals surface area (Å²) in [5.74, 6) is 1.08. The molecule has 9 heteroatoms. The summed E-state index contributed by atoms with van der Waals surface area (Å²) in [6.45, 7) is 3.38. The van der Waals surface area contributed by atoms with Crippen LogP contribution < -0.4 is 10.7 Å². The lowest BCUT2D eigenvalue weighted by atomic mass is 9.80. The zero-order valence-electron chi connectivity index (χ0n) is 23.0. The molecule has 40 heavy (non-hydrogen) atoms. The molecule has 2 aromatic carbocycles. The van der Waals surface area contributed by atoms with Crippen molar-refractivity contribution < 1.29 is 9.59 Å². The summed E-state index contributed by atoms with van der Waals surface area (Å²) in [6, 6.07) is 18.6. The summed E-state index contributed by atoms with van der Waals surface area (Å²) < 4.78 is 0. The SMILES string of the molecule is O=C(CCC1=NNC2N(Cc3ccccc3Cl)C(=O)C3CCCCC3N12)NC1CCN(Cc2ccccc2)CC1. The van der Waals surface area contributed by atoms with Crippen LogP contribution in [-0.4, -0.2) is 63.8 Å². The number of rotatable bonds is 8. The number of hydrogen-bond acceptors (Lipinski definition) is 6. The second-order valence-corrected chi connectivity index (χ2v) is 12.0. The van der Waals surface area contributed by atoms with Gasteiger partial charge in [0, 0.05) is 49.6 Å². The minimum atomic E-state index is -0.338. The zero-order valence-corrected chi connectivity index (χ0v) is 23.7. The summed E-state index contributed by atoms with van der Waals surface area (Å²) in [5.41, 5.74) is 5.49. The molecule has 1 aliphatic carbocycles. The van der Waals surface area contributed by atoms with E-state index in [9.17, 15) is 9.59 Å². The lowest BCUT2D eigenvalue weighted by molar-refractivity contribution is -0.156. The number of amides is 2. The smallest absolute Gasteiger partial charge is 0.231 e. The molecule has 8 nitrogen and oxygen atoms in total. The van der Waals surface area contributed by atoms with Gasteiger partial charge >= 0.3 is 0 Å². The molecule has 3 heterocycles. The van der Waals surface area contributed by atoms with Crippen LogP contribution >= 0.6 is 11.6 Å². The van der Waals surface area contributed by atoms with E-state index in [2.05, 4.69) is 49.9 Å². The van der Waals surface area contributed by atoms with E-state index in [1.54, 1.807) is 0 Å². The number of nitrogens with one attached hydrogen (secondary N) is 2. The highest BCUT2D eigenvalue weighted by Crippen LogP contribution is 2.38. The number of fused-ring (bicyclic) bond motifs is 3. The standard InChI is InChI=1S/C31H39ClN6O2/c32-26-12-6-4-10-23(26)21-37-30(40)25-11-5-7-13-27(25)38-28(34-35-31(37)38)14-15-29(39)33-24-16-18-36(19-17-24)20-22-8-2-1-3-9-22/h1-4,6,8-10,12,24-25,27,31,35H,5,7,11,13-21H2,(H,33,39). The lowest BCUT2D eigenvalue weighted by Crippen LogP contribution is -2.67. The van der Waals surface area contributed by atoms with Crippen molar-refractivity contribution in [3.63, 3.8) is 0 Å². The quantitative estimate of drug-likeness (QED) is 0.501. The Morgan fingerprint density at radius 2 is 1.73 bits per heavy atom. The average Bonchev–Trinajstić information content (AvgIpc) is 3.41. The van der Waals surface area contributed by atoms with E-state index in [0.717, 1.165) is 69.6 Å². The number of halogens is 1. The Kier molecular flexibility index (Phi) is 8.25. The average molecular weight is 563 g/mol. The molecular weight excluding hydrogens is 524 g/mol. The first-order chi connectivity index (χ1) is 19.6. The van der Waals surface area contributed by atoms with Gasteiger partial charge in [0.2, 0.25) is 11.8 Å². The topological polar surface area (TPSA) is 80.3 Å². The molecule has 1 saturated carbocycles. The van der Waals surface area contributed by atoms with Crippen LogP contribution in [0.2, 0.25) is 5.02 Å². The first-order valence-electron chi connectivity index (χ1n) is 14.8. The fourth-order valence-corrected chi connectivity index (χ4v) is 7.01. The number of benzene rings is 2. The molecule has 212 valence electrons. The fraction of sp³-hybridized carbons (Fsp3) is 0.516. The summed E-state index contributed by atoms with van der Waals surface area (Å²) in [7, 11) is 0. The Labute approximate surface area is 241 Å². The number of likely N-dealkylation sites (tertiary alicyclic amines) is 1. The molecule has 0 aromatic heterocycles. The van der Waals surface area contributed by atoms with Crippen LogP contribution in [0.1, 0.15) is 62.5 Å². The Bertz CT molecular complexity index is 1230. The number of amidine groups is 1. The lowest BCUT2D eigenvalue weighted by Gasteiger charge is -2.50. The third-order valence-corrected chi connectivity index (χ3v) is 9.30. The van der Waals surface area contributed by atoms with E-state index >= 15 is 0 Å². The highest BCUT2D eigenvalue weighted by molar-refractivity contribution is 6.31. The van der Waals surface area contributed by atoms with E-state index < -0.39 is 0 Å². The van der Waals surface area contributed by atoms with Crippen LogP contribution in [0, 0.1) is 5.92 Å². The van der Waals surface area contributed by atoms with Gasteiger partial charge in [-0.05, 0) is 42.9 Å². The van der Waals surface area contributed by atoms with Crippen LogP contribution in [-0.2, 0) is 22.7 Å². The van der Waals surface area contributed by atoms with Crippen molar-refractivity contribution in [2.45, 2.75) is 82.8 Å². The van der Waals surface area contributed by atoms with Gasteiger partial charge in [-0.15, -0.1) is 0 Å². The van der Waals surface area contributed by atoms with Crippen LogP contribution in [0.4, 0.5) is 0 Å². The maximum Gasteiger partial charge on any atom is 0.231 e. The summed E-state index contributed by atoms with van der Waals surface area (Å²) in [6.07, 6.45) is 6.59. The normalized spacial score (nSPS) is 25.2. The van der Waals surface area contributed by atoms with Crippen molar-refractivity contribution in [3.8, 4) is 0 Å². The predicted molar refractivity (Wildman–Crippen MR) is 156 cm³/mol. The van der Waals surface area contributed by atoms with Gasteiger partial charge in [-0.25, -0.2) is 0 Å². The van der Waals surface area contributed by atoms with Crippen molar-refractivity contribution in [3.05, 3.63) is 70.7 Å². The third-order valence-electron chi connectivity index (χ3n) is 8.93. The highest BCUT2D eigenvalue weighted by atomic mass is 35.5. The van der Waals surface area contributed by atoms with Crippen LogP contribution in [0.15, 0.2) is 59.7 Å². The Balaban J connectivity index is 1.04. The molecule has 2 aromatic rings. The van der Waals surface area contributed by atoms with Gasteiger partial charge < -0.3 is 10.2 Å². The van der Waals surface area contributed by atoms with Gasteiger partial charge in [-0.3, -0.25) is 24.8 Å². The number of nitrogens with zero attached hydrogens (tertiary/aromatic N) is 4. The molecule has 4 aliphatic rings. The van der Waals surface area contributed by atoms with Gasteiger partial charge in [0.05, 0.1) is 12.5 Å². The molecule has 0 radical (unpaired) electrons. The highest BCUT2D eigenvalue weighted by Gasteiger charge is 2.50. The number of hydrazone groups is 1. The van der Waals surface area contributed by atoms with Gasteiger partial charge in [0.15, 0.2) is 6.29 Å². The maximum atomic E-state index is 13.6. The Morgan fingerprint density at radius 1 is 0.975 bits per heavy atom. The molecule has 0 bridgehead atoms. The first-order valence-corrected chi connectivity index (χ1v) is 15.1. The zero-order chi connectivity index (χ0) is 27.5. The minimum Gasteiger partial charge on any atom is -0.353 e. The van der Waals surface area contributed by atoms with Crippen LogP contribution in [0.5, 0.6) is 0 Å². The van der Waals surface area contributed by atoms with Crippen molar-refractivity contribution in [2.24, 2.45) is 11.0 Å². The van der Waals surface area contributed by atoms with Gasteiger partial charge in [-0.1, -0.05) is 73.0 Å². The Hall–Kier alpha value is -3.10. The summed E-state index contributed by atoms with van der Waals surface area (Å²) in [4.78, 5) is 33.2. The molecular formula is C31H39ClN6O2. The molecule has 2 saturated heterocycles. The molecule has 3 atom stereocenters. The second kappa shape index (κ2) is 12.2. The van der Waals surface area contributed by atoms with Crippen molar-refractivity contribution in [2.75, 3.05) is 13.1 Å². The van der Waals surface area contributed by atoms with Crippen molar-refractivity contribution >= 4 is 29.3 Å². The second-order valence-electron chi connectivity index (χ2n) is 11.6. The van der Waals surface area contributed by atoms with Gasteiger partial charge in [0.25, 0.3) is 0 Å². The van der Waals surface area contributed by atoms with Gasteiger partial charge in [-0.2, -0.15) is 5.10 Å². The number of hydrogen-bond donors (Lipinski definition) is 2. The van der Waals surface area contributed by atoms with Crippen molar-refractivity contribution in [1.29, 1.82) is 0 Å². The molecule has 2 amide bonds. The number of carbonyl (C=O) groups is 2. The van der Waals surface area contributed by atoms with E-state index in [4.69, 9.17) is 11.6 Å². The van der Waals surface area contributed by atoms with E-state index in [0.29, 0.717) is 24.4 Å². The third kappa shape index (κ3) is 5.84. The molecule has 0 spiro atoms. The molecule has 3 aliphatic heterocycles. The maximum absolute atomic E-state index is 13.6. The fourth-order valence-electron chi connectivity index (χ4n) is 6.81. The molecule has 3 fully saturated rings. The van der Waals surface area contributed by atoms with Crippen LogP contribution in [0.25, 0.3) is 0 Å². The van der Waals surface area contributed by atoms with Crippen molar-refractivity contribution in [1.82, 2.24) is 25.4 Å². The summed E-state index contributed by atoms with van der Waals surface area (Å²) >= 11 is 6.46. The Morgan fingerprint density at radius 3 is 2.52 bits per heavy atom. The van der Waals surface area contributed by atoms with E-state index in [-0.39, 0.29) is 36.1 Å². The molecule has 3 unspecified atom stereocenters. The molecule has 2 N–H and O–H groups in total. The van der Waals surface area contributed by atoms with Gasteiger partial charge in [0.1, 0.15) is 5.84 Å². The minimum absolute atomic E-state index is 0.0486. The predicted octanol–water partition coefficient (Wildman–Crippen LogP) is 4.30. The monoisotopic (exact) mass is 562 g/mol. The summed E-state index contributed by atoms with van der Waals surface area (Å²) in [5, 5.41) is 8.60. The largest absolute Gasteiger partial charge is 0.353 e. The van der Waals surface area contributed by atoms with E-state index in [1.807, 2.05) is 35.2 Å². The molecule has 6 rings (SSSR count). The number of piperidine rings is 1. The first kappa shape index (κ1) is 27.1. The number of carbonyl (C=O) groups excluding carboxylic acids is 2.